The van der Waals surface area contributed by atoms with Crippen LogP contribution in [-0.4, -0.2) is 145 Å². The second-order valence-electron chi connectivity index (χ2n) is 26.4. The van der Waals surface area contributed by atoms with Crippen LogP contribution in [0.4, 0.5) is 22.7 Å². The number of hydrogen-bond donors (Lipinski definition) is 5. The second kappa shape index (κ2) is 31.6. The van der Waals surface area contributed by atoms with Gasteiger partial charge in [0.05, 0.1) is 62.2 Å². The summed E-state index contributed by atoms with van der Waals surface area (Å²) >= 11 is 0. The molecule has 3 aromatic heterocycles. The van der Waals surface area contributed by atoms with Crippen molar-refractivity contribution in [2.24, 2.45) is 0 Å². The Morgan fingerprint density at radius 2 is 0.760 bits per heavy atom. The number of rotatable bonds is 28. The molecule has 4 aromatic carbocycles. The van der Waals surface area contributed by atoms with Crippen molar-refractivity contribution < 1.29 is 19.2 Å². The predicted molar refractivity (Wildman–Crippen MR) is 401 cm³/mol. The summed E-state index contributed by atoms with van der Waals surface area (Å²) in [6.07, 6.45) is 13.3. The molecule has 96 heavy (non-hydrogen) atoms. The smallest absolute Gasteiger partial charge is 0.250 e. The molecule has 0 unspecified atom stereocenters. The van der Waals surface area contributed by atoms with Gasteiger partial charge in [0.2, 0.25) is 0 Å². The molecule has 0 saturated carbocycles. The predicted octanol–water partition coefficient (Wildman–Crippen LogP) is 15.2. The number of aryl methyl sites for hydroxylation is 4. The quantitative estimate of drug-likeness (QED) is 0.0297. The van der Waals surface area contributed by atoms with Gasteiger partial charge in [-0.1, -0.05) is 93.0 Å². The molecular weight excluding hydrogens is 1190 g/mol. The van der Waals surface area contributed by atoms with Gasteiger partial charge in [-0.3, -0.25) is 19.2 Å². The molecule has 9 rings (SSSR count). The fourth-order valence-electron chi connectivity index (χ4n) is 12.2. The van der Waals surface area contributed by atoms with Gasteiger partial charge in [-0.2, -0.15) is 0 Å². The van der Waals surface area contributed by atoms with Gasteiger partial charge >= 0.3 is 0 Å². The average Bonchev–Trinajstić information content (AvgIpc) is 1.55. The fraction of sp³-hybridized carbons (Fsp3) is 0.300. The van der Waals surface area contributed by atoms with Crippen molar-refractivity contribution in [3.8, 4) is 39.1 Å². The van der Waals surface area contributed by atoms with E-state index in [-0.39, 0.29) is 23.6 Å². The topological polar surface area (TPSA) is 176 Å². The summed E-state index contributed by atoms with van der Waals surface area (Å²) in [5.41, 5.74) is 16.5. The standard InChI is InChI=1S/C80H94N12O4/c1-50(2)77(93)84-72-54(29-21-43-88(9)10)25-17-33-63(72)69-66-42-41-61(83-66)48-60-38-37-58(81-60)47-59-39-40-62(82-59)49-68-70(64-34-18-26-55(30-22-44-89(11)12)73(64)85-78(94)51(3)4)71(65-35-19-27-56(31-23-45-90(13)14)74(65)86-79(95)52(5)6)76(69)92(68)67-36-20-28-57(32-24-46-91(15)16)75(67)87-80(96)53(7)8/h17-20,25-28,33-42,47-49,81H,1,3,5,7,21-24,29-32,43-46H2,2,4,6,8-16H3,(H,84,93)(H,85,94)(H,86,95)(H,87,96). The lowest BCUT2D eigenvalue weighted by Gasteiger charge is -2.23. The lowest BCUT2D eigenvalue weighted by Crippen LogP contribution is -2.17. The maximum atomic E-state index is 14.9. The summed E-state index contributed by atoms with van der Waals surface area (Å²) in [4.78, 5) is 82.4. The van der Waals surface area contributed by atoms with Crippen molar-refractivity contribution in [3.05, 3.63) is 197 Å². The number of hydrogen-bond acceptors (Lipinski definition) is 10. The highest BCUT2D eigenvalue weighted by Gasteiger charge is 2.33. The Morgan fingerprint density at radius 3 is 1.17 bits per heavy atom. The summed E-state index contributed by atoms with van der Waals surface area (Å²) in [6.45, 7) is 26.5. The Hall–Kier alpha value is -9.84. The summed E-state index contributed by atoms with van der Waals surface area (Å²) in [6, 6.07) is 34.6. The summed E-state index contributed by atoms with van der Waals surface area (Å²) in [7, 11) is 16.4. The largest absolute Gasteiger partial charge is 0.355 e. The van der Waals surface area contributed by atoms with Gasteiger partial charge in [0.15, 0.2) is 0 Å². The second-order valence-corrected chi connectivity index (χ2v) is 26.4. The average molecular weight is 1290 g/mol. The number of H-pyrrole nitrogens is 1. The molecule has 7 aromatic rings. The molecule has 498 valence electrons. The Balaban J connectivity index is 1.71. The number of anilines is 4. The molecule has 0 saturated heterocycles. The number of amides is 4. The number of nitrogens with zero attached hydrogens (tertiary/aromatic N) is 7. The molecule has 0 radical (unpaired) electrons. The van der Waals surface area contributed by atoms with Gasteiger partial charge in [0.1, 0.15) is 0 Å². The molecule has 8 bridgehead atoms. The van der Waals surface area contributed by atoms with Gasteiger partial charge in [-0.15, -0.1) is 0 Å². The molecule has 0 aliphatic carbocycles. The number of carbonyl (C=O) groups excluding carboxylic acids is 4. The van der Waals surface area contributed by atoms with Crippen molar-refractivity contribution in [3.63, 3.8) is 0 Å². The van der Waals surface area contributed by atoms with Gasteiger partial charge in [-0.05, 0) is 245 Å². The lowest BCUT2D eigenvalue weighted by molar-refractivity contribution is -0.113. The minimum atomic E-state index is -0.377. The number of nitrogens with one attached hydrogen (secondary N) is 5. The molecule has 2 aliphatic heterocycles. The first-order valence-electron chi connectivity index (χ1n) is 33.0. The zero-order valence-corrected chi connectivity index (χ0v) is 58.2. The molecule has 0 fully saturated rings. The van der Waals surface area contributed by atoms with E-state index in [0.717, 1.165) is 85.1 Å². The van der Waals surface area contributed by atoms with E-state index in [9.17, 15) is 19.2 Å². The molecule has 0 spiro atoms. The molecule has 16 heteroatoms. The van der Waals surface area contributed by atoms with Crippen LogP contribution in [-0.2, 0) is 44.9 Å². The molecular formula is C80H94N12O4. The van der Waals surface area contributed by atoms with Gasteiger partial charge in [0.25, 0.3) is 23.6 Å². The normalized spacial score (nSPS) is 11.8. The molecule has 4 amide bonds. The van der Waals surface area contributed by atoms with Crippen LogP contribution >= 0.6 is 0 Å². The Labute approximate surface area is 567 Å². The monoisotopic (exact) mass is 1290 g/mol. The molecule has 2 aliphatic rings. The number of fused-ring (bicyclic) bond motifs is 8. The first-order chi connectivity index (χ1) is 45.9. The van der Waals surface area contributed by atoms with E-state index in [1.54, 1.807) is 27.7 Å². The highest BCUT2D eigenvalue weighted by Crippen LogP contribution is 2.53. The highest BCUT2D eigenvalue weighted by atomic mass is 16.2. The van der Waals surface area contributed by atoms with E-state index in [4.69, 9.17) is 9.97 Å². The maximum absolute atomic E-state index is 14.9. The SMILES string of the molecule is C=C(C)C(=O)Nc1c(CCCN(C)C)cccc1-c1c(-c2cccc(CCCN(C)C)c2NC(=O)C(=C)C)c2c(-c3cccc(CCCN(C)C)c3NC(=O)C(=C)C)c3nc(cc4ccc(cc5nc(cc1n2-c1cccc(CCCN(C)C)c1NC(=O)C(=C)C)C=C5)[nH]4)C=C3. The minimum absolute atomic E-state index is 0.303. The van der Waals surface area contributed by atoms with E-state index in [0.29, 0.717) is 144 Å². The first-order valence-corrected chi connectivity index (χ1v) is 33.0. The highest BCUT2D eigenvalue weighted by molar-refractivity contribution is 6.19. The third-order valence-corrected chi connectivity index (χ3v) is 17.0. The lowest BCUT2D eigenvalue weighted by atomic mass is 9.88. The van der Waals surface area contributed by atoms with Gasteiger partial charge < -0.3 is 50.4 Å². The van der Waals surface area contributed by atoms with Crippen LogP contribution < -0.4 is 21.3 Å². The van der Waals surface area contributed by atoms with Gasteiger partial charge in [0, 0.05) is 66.7 Å². The van der Waals surface area contributed by atoms with Crippen LogP contribution in [0, 0.1) is 0 Å². The Morgan fingerprint density at radius 1 is 0.417 bits per heavy atom. The molecule has 5 heterocycles. The van der Waals surface area contributed by atoms with E-state index >= 15 is 0 Å². The summed E-state index contributed by atoms with van der Waals surface area (Å²) < 4.78 is 2.21. The van der Waals surface area contributed by atoms with Gasteiger partial charge in [-0.25, -0.2) is 9.97 Å². The Kier molecular flexibility index (Phi) is 23.2. The first kappa shape index (κ1) is 70.5. The van der Waals surface area contributed by atoms with Crippen molar-refractivity contribution in [2.75, 3.05) is 104 Å². The minimum Gasteiger partial charge on any atom is -0.355 e. The van der Waals surface area contributed by atoms with E-state index in [1.165, 1.54) is 0 Å². The third-order valence-electron chi connectivity index (χ3n) is 17.0. The maximum Gasteiger partial charge on any atom is 0.250 e. The Bertz CT molecular complexity index is 4440. The van der Waals surface area contributed by atoms with E-state index in [2.05, 4.69) is 107 Å². The van der Waals surface area contributed by atoms with Crippen LogP contribution in [0.15, 0.2) is 152 Å². The summed E-state index contributed by atoms with van der Waals surface area (Å²) in [5, 5.41) is 13.7. The number of benzene rings is 4. The zero-order valence-electron chi connectivity index (χ0n) is 58.2. The van der Waals surface area contributed by atoms with Crippen molar-refractivity contribution >= 4 is 92.7 Å². The zero-order chi connectivity index (χ0) is 69.1. The van der Waals surface area contributed by atoms with E-state index in [1.807, 2.05) is 153 Å². The van der Waals surface area contributed by atoms with Crippen LogP contribution in [0.1, 0.15) is 98.4 Å². The number of carbonyl (C=O) groups is 4. The van der Waals surface area contributed by atoms with Crippen LogP contribution in [0.25, 0.3) is 85.4 Å². The van der Waals surface area contributed by atoms with Crippen molar-refractivity contribution in [2.45, 2.75) is 79.1 Å². The van der Waals surface area contributed by atoms with E-state index < -0.39 is 0 Å². The van der Waals surface area contributed by atoms with Crippen molar-refractivity contribution in [1.29, 1.82) is 0 Å². The summed E-state index contributed by atoms with van der Waals surface area (Å²) in [5.74, 6) is -1.49. The molecule has 16 nitrogen and oxygen atoms in total. The third kappa shape index (κ3) is 17.0. The van der Waals surface area contributed by atoms with Crippen LogP contribution in [0.5, 0.6) is 0 Å². The molecule has 0 atom stereocenters. The van der Waals surface area contributed by atoms with Crippen molar-refractivity contribution in [1.82, 2.24) is 39.1 Å². The number of aromatic nitrogens is 4. The van der Waals surface area contributed by atoms with Crippen LogP contribution in [0.3, 0.4) is 0 Å². The number of para-hydroxylation sites is 4. The fourth-order valence-corrected chi connectivity index (χ4v) is 12.2. The molecule has 5 N–H and O–H groups in total. The number of aromatic amines is 1. The van der Waals surface area contributed by atoms with Crippen LogP contribution in [0.2, 0.25) is 0 Å².